The lowest BCUT2D eigenvalue weighted by Crippen LogP contribution is -2.29. The van der Waals surface area contributed by atoms with E-state index in [4.69, 9.17) is 15.3 Å². The SMILES string of the molecule is COc1ccc(C(NN)c2cc(Br)ccc2C)cc1OC. The molecule has 2 rings (SSSR count). The molecule has 1 atom stereocenters. The standard InChI is InChI=1S/C16H19BrN2O2/c1-10-4-6-12(17)9-13(10)16(19-18)11-5-7-14(20-2)15(8-11)21-3/h4-9,16,19H,18H2,1-3H3. The molecule has 0 radical (unpaired) electrons. The van der Waals surface area contributed by atoms with E-state index in [1.807, 2.05) is 24.3 Å². The van der Waals surface area contributed by atoms with E-state index < -0.39 is 0 Å². The van der Waals surface area contributed by atoms with E-state index in [0.717, 1.165) is 21.2 Å². The van der Waals surface area contributed by atoms with Crippen LogP contribution in [0.25, 0.3) is 0 Å². The summed E-state index contributed by atoms with van der Waals surface area (Å²) in [4.78, 5) is 0. The van der Waals surface area contributed by atoms with Crippen molar-refractivity contribution in [3.63, 3.8) is 0 Å². The summed E-state index contributed by atoms with van der Waals surface area (Å²) in [7, 11) is 3.24. The molecule has 5 heteroatoms. The van der Waals surface area contributed by atoms with E-state index in [0.29, 0.717) is 11.5 Å². The number of ether oxygens (including phenoxy) is 2. The highest BCUT2D eigenvalue weighted by atomic mass is 79.9. The van der Waals surface area contributed by atoms with Gasteiger partial charge in [-0.1, -0.05) is 28.1 Å². The number of aryl methyl sites for hydroxylation is 1. The van der Waals surface area contributed by atoms with E-state index in [9.17, 15) is 0 Å². The molecule has 0 spiro atoms. The summed E-state index contributed by atoms with van der Waals surface area (Å²) in [6, 6.07) is 11.8. The van der Waals surface area contributed by atoms with Gasteiger partial charge in [-0.05, 0) is 47.9 Å². The zero-order valence-electron chi connectivity index (χ0n) is 12.3. The van der Waals surface area contributed by atoms with Gasteiger partial charge in [-0.3, -0.25) is 5.84 Å². The molecule has 0 amide bonds. The maximum absolute atomic E-state index is 5.78. The lowest BCUT2D eigenvalue weighted by molar-refractivity contribution is 0.354. The number of rotatable bonds is 5. The highest BCUT2D eigenvalue weighted by molar-refractivity contribution is 9.10. The quantitative estimate of drug-likeness (QED) is 0.641. The molecule has 0 bridgehead atoms. The minimum Gasteiger partial charge on any atom is -0.493 e. The predicted octanol–water partition coefficient (Wildman–Crippen LogP) is 3.33. The third kappa shape index (κ3) is 3.37. The number of nitrogens with two attached hydrogens (primary N) is 1. The van der Waals surface area contributed by atoms with Crippen molar-refractivity contribution in [2.24, 2.45) is 5.84 Å². The molecule has 4 nitrogen and oxygen atoms in total. The van der Waals surface area contributed by atoms with Crippen molar-refractivity contribution in [2.75, 3.05) is 14.2 Å². The van der Waals surface area contributed by atoms with Crippen molar-refractivity contribution < 1.29 is 9.47 Å². The fourth-order valence-electron chi connectivity index (χ4n) is 2.32. The number of hydrogen-bond donors (Lipinski definition) is 2. The van der Waals surface area contributed by atoms with Gasteiger partial charge in [0.15, 0.2) is 11.5 Å². The van der Waals surface area contributed by atoms with Gasteiger partial charge in [0.05, 0.1) is 20.3 Å². The topological polar surface area (TPSA) is 56.5 Å². The number of methoxy groups -OCH3 is 2. The van der Waals surface area contributed by atoms with Crippen LogP contribution in [-0.4, -0.2) is 14.2 Å². The lowest BCUT2D eigenvalue weighted by Gasteiger charge is -2.20. The largest absolute Gasteiger partial charge is 0.493 e. The predicted molar refractivity (Wildman–Crippen MR) is 87.6 cm³/mol. The Hall–Kier alpha value is -1.56. The maximum Gasteiger partial charge on any atom is 0.161 e. The first-order valence-electron chi connectivity index (χ1n) is 6.54. The van der Waals surface area contributed by atoms with Gasteiger partial charge in [-0.2, -0.15) is 0 Å². The summed E-state index contributed by atoms with van der Waals surface area (Å²) in [5.41, 5.74) is 6.16. The number of benzene rings is 2. The molecule has 1 unspecified atom stereocenters. The molecule has 0 aliphatic rings. The third-order valence-corrected chi connectivity index (χ3v) is 3.95. The highest BCUT2D eigenvalue weighted by Crippen LogP contribution is 2.33. The fraction of sp³-hybridized carbons (Fsp3) is 0.250. The van der Waals surface area contributed by atoms with Crippen LogP contribution in [-0.2, 0) is 0 Å². The summed E-state index contributed by atoms with van der Waals surface area (Å²) >= 11 is 3.50. The molecule has 0 saturated heterocycles. The second-order valence-electron chi connectivity index (χ2n) is 4.72. The molecule has 0 aliphatic carbocycles. The first kappa shape index (κ1) is 15.8. The van der Waals surface area contributed by atoms with Gasteiger partial charge in [-0.25, -0.2) is 5.43 Å². The number of hydrazine groups is 1. The fourth-order valence-corrected chi connectivity index (χ4v) is 2.70. The van der Waals surface area contributed by atoms with Gasteiger partial charge in [-0.15, -0.1) is 0 Å². The molecular formula is C16H19BrN2O2. The average Bonchev–Trinajstić information content (AvgIpc) is 2.51. The Balaban J connectivity index is 2.48. The Morgan fingerprint density at radius 2 is 1.76 bits per heavy atom. The van der Waals surface area contributed by atoms with E-state index in [2.05, 4.69) is 40.4 Å². The zero-order chi connectivity index (χ0) is 15.4. The molecule has 0 fully saturated rings. The molecule has 0 aliphatic heterocycles. The van der Waals surface area contributed by atoms with Crippen LogP contribution in [0.2, 0.25) is 0 Å². The maximum atomic E-state index is 5.78. The number of nitrogens with one attached hydrogen (secondary N) is 1. The normalized spacial score (nSPS) is 12.0. The van der Waals surface area contributed by atoms with Gasteiger partial charge >= 0.3 is 0 Å². The minimum absolute atomic E-state index is 0.123. The molecule has 2 aromatic rings. The van der Waals surface area contributed by atoms with Crippen LogP contribution in [0, 0.1) is 6.92 Å². The Kier molecular flexibility index (Phi) is 5.22. The van der Waals surface area contributed by atoms with Crippen LogP contribution in [0.15, 0.2) is 40.9 Å². The van der Waals surface area contributed by atoms with E-state index in [-0.39, 0.29) is 6.04 Å². The van der Waals surface area contributed by atoms with Crippen LogP contribution in [0.4, 0.5) is 0 Å². The highest BCUT2D eigenvalue weighted by Gasteiger charge is 2.17. The van der Waals surface area contributed by atoms with Gasteiger partial charge < -0.3 is 9.47 Å². The van der Waals surface area contributed by atoms with E-state index in [1.165, 1.54) is 0 Å². The van der Waals surface area contributed by atoms with Gasteiger partial charge in [0, 0.05) is 4.47 Å². The molecular weight excluding hydrogens is 332 g/mol. The summed E-state index contributed by atoms with van der Waals surface area (Å²) in [5, 5.41) is 0. The van der Waals surface area contributed by atoms with Crippen molar-refractivity contribution in [1.29, 1.82) is 0 Å². The van der Waals surface area contributed by atoms with Crippen LogP contribution in [0.1, 0.15) is 22.7 Å². The van der Waals surface area contributed by atoms with E-state index >= 15 is 0 Å². The lowest BCUT2D eigenvalue weighted by atomic mass is 9.95. The summed E-state index contributed by atoms with van der Waals surface area (Å²) in [6.45, 7) is 2.06. The Morgan fingerprint density at radius 3 is 2.38 bits per heavy atom. The molecule has 21 heavy (non-hydrogen) atoms. The van der Waals surface area contributed by atoms with Crippen LogP contribution in [0.3, 0.4) is 0 Å². The summed E-state index contributed by atoms with van der Waals surface area (Å²) in [6.07, 6.45) is 0. The molecule has 112 valence electrons. The Labute approximate surface area is 133 Å². The zero-order valence-corrected chi connectivity index (χ0v) is 13.9. The molecule has 0 heterocycles. The first-order valence-corrected chi connectivity index (χ1v) is 7.34. The van der Waals surface area contributed by atoms with Crippen molar-refractivity contribution in [3.8, 4) is 11.5 Å². The molecule has 3 N–H and O–H groups in total. The van der Waals surface area contributed by atoms with Gasteiger partial charge in [0.2, 0.25) is 0 Å². The molecule has 2 aromatic carbocycles. The van der Waals surface area contributed by atoms with Crippen LogP contribution < -0.4 is 20.7 Å². The number of hydrogen-bond acceptors (Lipinski definition) is 4. The van der Waals surface area contributed by atoms with Crippen molar-refractivity contribution in [2.45, 2.75) is 13.0 Å². The molecule has 0 aromatic heterocycles. The average molecular weight is 351 g/mol. The minimum atomic E-state index is -0.123. The van der Waals surface area contributed by atoms with Gasteiger partial charge in [0.25, 0.3) is 0 Å². The number of halogens is 1. The van der Waals surface area contributed by atoms with Crippen molar-refractivity contribution in [3.05, 3.63) is 57.6 Å². The Morgan fingerprint density at radius 1 is 1.05 bits per heavy atom. The van der Waals surface area contributed by atoms with Gasteiger partial charge in [0.1, 0.15) is 0 Å². The van der Waals surface area contributed by atoms with Crippen LogP contribution >= 0.6 is 15.9 Å². The molecule has 0 saturated carbocycles. The van der Waals surface area contributed by atoms with Crippen LogP contribution in [0.5, 0.6) is 11.5 Å². The second kappa shape index (κ2) is 6.93. The Bertz CT molecular complexity index is 632. The third-order valence-electron chi connectivity index (χ3n) is 3.46. The van der Waals surface area contributed by atoms with E-state index in [1.54, 1.807) is 14.2 Å². The van der Waals surface area contributed by atoms with Crippen molar-refractivity contribution >= 4 is 15.9 Å². The monoisotopic (exact) mass is 350 g/mol. The van der Waals surface area contributed by atoms with Crippen molar-refractivity contribution in [1.82, 2.24) is 5.43 Å². The smallest absolute Gasteiger partial charge is 0.161 e. The summed E-state index contributed by atoms with van der Waals surface area (Å²) < 4.78 is 11.6. The summed E-state index contributed by atoms with van der Waals surface area (Å²) in [5.74, 6) is 7.16. The first-order chi connectivity index (χ1) is 10.1. The second-order valence-corrected chi connectivity index (χ2v) is 5.63.